The molecule has 4 aliphatic rings. The molecule has 248 valence electrons. The second-order valence-corrected chi connectivity index (χ2v) is 14.9. The zero-order valence-electron chi connectivity index (χ0n) is 21.4. The number of rotatable bonds is 6. The standard InChI is InChI=1S/C18H32N6O2S.2F6P/c25-9-13-1-5-23-7-3-15(21-17(23)19-13)11-27-12-16-4-8-24-6-2-14(10-26)20-18(24)22-16;2*1-7(2,3,4,5)6/h13-16,25-26H,1-12H2,(H2,19,20,21,22);;/q;2*-1/p+2/t13-,14-,15-,16-;;/m1../s1. The first kappa shape index (κ1) is 36.0. The summed E-state index contributed by atoms with van der Waals surface area (Å²) in [5, 5.41) is 32.9. The molecule has 0 bridgehead atoms. The summed E-state index contributed by atoms with van der Waals surface area (Å²) in [6.07, 6.45) is 4.36. The second-order valence-electron chi connectivity index (χ2n) is 10.0. The molecular weight excluding hydrogens is 654 g/mol. The van der Waals surface area contributed by atoms with E-state index in [1.165, 1.54) is 12.8 Å². The van der Waals surface area contributed by atoms with E-state index in [-0.39, 0.29) is 25.3 Å². The van der Waals surface area contributed by atoms with Crippen molar-refractivity contribution in [3.05, 3.63) is 0 Å². The van der Waals surface area contributed by atoms with Crippen LogP contribution in [0.2, 0.25) is 0 Å². The Balaban J connectivity index is 0.000000349. The van der Waals surface area contributed by atoms with Crippen LogP contribution in [0.5, 0.6) is 0 Å². The molecule has 0 aromatic heterocycles. The molecule has 0 amide bonds. The predicted molar refractivity (Wildman–Crippen MR) is 135 cm³/mol. The van der Waals surface area contributed by atoms with Gasteiger partial charge in [0.1, 0.15) is 12.1 Å². The van der Waals surface area contributed by atoms with Crippen LogP contribution in [0, 0.1) is 0 Å². The van der Waals surface area contributed by atoms with Crippen LogP contribution in [0.15, 0.2) is 0 Å². The summed E-state index contributed by atoms with van der Waals surface area (Å²) in [6, 6.07) is 1.36. The molecule has 0 saturated heterocycles. The van der Waals surface area contributed by atoms with Crippen molar-refractivity contribution in [2.75, 3.05) is 50.9 Å². The van der Waals surface area contributed by atoms with Gasteiger partial charge in [0, 0.05) is 37.2 Å². The minimum Gasteiger partial charge on any atom is -0.393 e. The number of guanidine groups is 2. The van der Waals surface area contributed by atoms with Gasteiger partial charge in [-0.1, -0.05) is 0 Å². The van der Waals surface area contributed by atoms with E-state index in [1.54, 1.807) is 0 Å². The quantitative estimate of drug-likeness (QED) is 0.138. The van der Waals surface area contributed by atoms with Gasteiger partial charge in [-0.15, -0.1) is 0 Å². The Bertz CT molecular complexity index is 896. The van der Waals surface area contributed by atoms with Gasteiger partial charge >= 0.3 is 77.9 Å². The average Bonchev–Trinajstić information content (AvgIpc) is 2.79. The van der Waals surface area contributed by atoms with Crippen LogP contribution in [0.1, 0.15) is 25.7 Å². The van der Waals surface area contributed by atoms with Gasteiger partial charge in [-0.05, 0) is 0 Å². The van der Waals surface area contributed by atoms with Crippen molar-refractivity contribution in [1.82, 2.24) is 21.3 Å². The van der Waals surface area contributed by atoms with E-state index in [4.69, 9.17) is 0 Å². The Labute approximate surface area is 231 Å². The summed E-state index contributed by atoms with van der Waals surface area (Å²) in [6.45, 7) is 4.66. The molecule has 4 atom stereocenters. The third-order valence-corrected chi connectivity index (χ3v) is 7.34. The molecule has 41 heavy (non-hydrogen) atoms. The Morgan fingerprint density at radius 1 is 0.537 bits per heavy atom. The number of hydrogen-bond donors (Lipinski definition) is 6. The summed E-state index contributed by atoms with van der Waals surface area (Å²) in [7, 11) is -21.3. The van der Waals surface area contributed by atoms with Gasteiger partial charge in [0.05, 0.1) is 51.5 Å². The van der Waals surface area contributed by atoms with Gasteiger partial charge < -0.3 is 10.2 Å². The summed E-state index contributed by atoms with van der Waals surface area (Å²) in [5.41, 5.74) is 0. The summed E-state index contributed by atoms with van der Waals surface area (Å²) < 4.78 is 123. The molecule has 0 aromatic rings. The van der Waals surface area contributed by atoms with Crippen molar-refractivity contribution >= 4 is 39.3 Å². The molecule has 4 rings (SSSR count). The molecule has 8 nitrogen and oxygen atoms in total. The normalized spacial score (nSPS) is 29.8. The van der Waals surface area contributed by atoms with Crippen LogP contribution >= 0.6 is 27.4 Å². The van der Waals surface area contributed by atoms with E-state index >= 15 is 0 Å². The smallest absolute Gasteiger partial charge is 0.346 e. The zero-order chi connectivity index (χ0) is 31.5. The van der Waals surface area contributed by atoms with E-state index in [2.05, 4.69) is 30.4 Å². The van der Waals surface area contributed by atoms with Crippen LogP contribution in [0.25, 0.3) is 0 Å². The Morgan fingerprint density at radius 2 is 0.780 bits per heavy atom. The van der Waals surface area contributed by atoms with Crippen LogP contribution in [-0.4, -0.2) is 106 Å². The molecule has 0 spiro atoms. The number of thioether (sulfide) groups is 1. The van der Waals surface area contributed by atoms with Crippen LogP contribution in [0.4, 0.5) is 50.4 Å². The fraction of sp³-hybridized carbons (Fsp3) is 0.889. The first-order valence-corrected chi connectivity index (χ1v) is 17.6. The number of aliphatic hydroxyl groups is 2. The molecule has 0 fully saturated rings. The third-order valence-electron chi connectivity index (χ3n) is 6.06. The Kier molecular flexibility index (Phi) is 10.0. The summed E-state index contributed by atoms with van der Waals surface area (Å²) >= 11 is 2.02. The van der Waals surface area contributed by atoms with Crippen LogP contribution < -0.4 is 21.3 Å². The van der Waals surface area contributed by atoms with Gasteiger partial charge in [0.2, 0.25) is 0 Å². The fourth-order valence-corrected chi connectivity index (χ4v) is 5.51. The molecule has 0 aliphatic carbocycles. The molecular formula is C18H34F12N6O2P2S. The van der Waals surface area contributed by atoms with Crippen molar-refractivity contribution in [2.24, 2.45) is 0 Å². The molecule has 0 unspecified atom stereocenters. The summed E-state index contributed by atoms with van der Waals surface area (Å²) in [5.74, 6) is 4.43. The van der Waals surface area contributed by atoms with E-state index < -0.39 is 15.6 Å². The average molecular weight is 689 g/mol. The maximum absolute atomic E-state index is 10.7. The first-order chi connectivity index (χ1) is 18.1. The maximum atomic E-state index is 9.87. The number of nitrogens with zero attached hydrogens (tertiary/aromatic N) is 2. The number of halogens is 12. The molecule has 0 aromatic carbocycles. The first-order valence-electron chi connectivity index (χ1n) is 12.4. The zero-order valence-corrected chi connectivity index (χ0v) is 24.0. The van der Waals surface area contributed by atoms with Crippen molar-refractivity contribution in [3.63, 3.8) is 0 Å². The number of aliphatic hydroxyl groups excluding tert-OH is 2. The molecule has 6 N–H and O–H groups in total. The summed E-state index contributed by atoms with van der Waals surface area (Å²) in [4.78, 5) is 0. The molecule has 4 aliphatic heterocycles. The van der Waals surface area contributed by atoms with Crippen molar-refractivity contribution < 1.29 is 69.7 Å². The van der Waals surface area contributed by atoms with Gasteiger partial charge in [-0.2, -0.15) is 11.8 Å². The van der Waals surface area contributed by atoms with Gasteiger partial charge in [0.25, 0.3) is 0 Å². The largest absolute Gasteiger partial charge is 0.393 e. The topological polar surface area (TPSA) is 94.6 Å². The minimum atomic E-state index is -10.7. The van der Waals surface area contributed by atoms with Gasteiger partial charge in [0.15, 0.2) is 0 Å². The second kappa shape index (κ2) is 11.4. The van der Waals surface area contributed by atoms with Gasteiger partial charge in [-0.3, -0.25) is 30.4 Å². The van der Waals surface area contributed by atoms with Crippen molar-refractivity contribution in [3.8, 4) is 0 Å². The fourth-order valence-electron chi connectivity index (χ4n) is 4.30. The molecule has 4 heterocycles. The molecule has 23 heteroatoms. The van der Waals surface area contributed by atoms with E-state index in [0.717, 1.165) is 62.4 Å². The van der Waals surface area contributed by atoms with Crippen molar-refractivity contribution in [2.45, 2.75) is 49.9 Å². The number of hydrogen-bond acceptors (Lipinski definition) is 7. The molecule has 0 saturated carbocycles. The maximum Gasteiger partial charge on any atom is 0.346 e. The van der Waals surface area contributed by atoms with Crippen LogP contribution in [-0.2, 0) is 0 Å². The van der Waals surface area contributed by atoms with Gasteiger partial charge in [-0.25, -0.2) is 0 Å². The van der Waals surface area contributed by atoms with E-state index in [9.17, 15) is 60.6 Å². The minimum absolute atomic E-state index is 0.187. The predicted octanol–water partition coefficient (Wildman–Crippen LogP) is 4.65. The Hall–Kier alpha value is -1.17. The SMILES string of the molecule is F[P-](F)(F)(F)(F)F.F[P-](F)(F)(F)(F)F.OC[C@H]1CC[N+]2=C(N[C@@H](CSC[C@H]3CC[N+]4=C(N3)N[C@@H](CO)CC4)CC2)N1. The van der Waals surface area contributed by atoms with E-state index in [0.29, 0.717) is 12.1 Å². The van der Waals surface area contributed by atoms with E-state index in [1.807, 2.05) is 11.8 Å². The molecule has 0 radical (unpaired) electrons. The number of nitrogens with one attached hydrogen (secondary N) is 4. The monoisotopic (exact) mass is 688 g/mol. The Morgan fingerprint density at radius 3 is 1.05 bits per heavy atom. The third kappa shape index (κ3) is 18.9. The van der Waals surface area contributed by atoms with Crippen molar-refractivity contribution in [1.29, 1.82) is 0 Å². The van der Waals surface area contributed by atoms with Crippen LogP contribution in [0.3, 0.4) is 0 Å².